The Hall–Kier alpha value is -2.25. The molecule has 1 fully saturated rings. The number of nitrogens with zero attached hydrogens (tertiary/aromatic N) is 4. The predicted molar refractivity (Wildman–Crippen MR) is 79.8 cm³/mol. The number of aromatic nitrogens is 3. The number of rotatable bonds is 7. The maximum atomic E-state index is 12.2. The van der Waals surface area contributed by atoms with Crippen molar-refractivity contribution in [2.45, 2.75) is 46.7 Å². The van der Waals surface area contributed by atoms with Crippen LogP contribution in [0.5, 0.6) is 0 Å². The molecule has 2 rings (SSSR count). The van der Waals surface area contributed by atoms with Crippen LogP contribution in [0.3, 0.4) is 0 Å². The van der Waals surface area contributed by atoms with Crippen molar-refractivity contribution in [2.24, 2.45) is 11.8 Å². The fourth-order valence-corrected chi connectivity index (χ4v) is 2.52. The lowest BCUT2D eigenvalue weighted by Crippen LogP contribution is -2.31. The van der Waals surface area contributed by atoms with E-state index in [9.17, 15) is 14.4 Å². The Kier molecular flexibility index (Phi) is 5.46. The van der Waals surface area contributed by atoms with Crippen molar-refractivity contribution in [3.63, 3.8) is 0 Å². The topological polar surface area (TPSA) is 94.4 Å². The van der Waals surface area contributed by atoms with E-state index in [-0.39, 0.29) is 49.0 Å². The third kappa shape index (κ3) is 4.14. The number of hydrogen-bond acceptors (Lipinski definition) is 6. The van der Waals surface area contributed by atoms with E-state index in [4.69, 9.17) is 4.74 Å². The van der Waals surface area contributed by atoms with Gasteiger partial charge in [0.15, 0.2) is 0 Å². The second-order valence-electron chi connectivity index (χ2n) is 5.90. The van der Waals surface area contributed by atoms with Crippen LogP contribution in [0.25, 0.3) is 0 Å². The van der Waals surface area contributed by atoms with Crippen LogP contribution in [0, 0.1) is 11.8 Å². The number of likely N-dealkylation sites (tertiary alicyclic amines) is 1. The summed E-state index contributed by atoms with van der Waals surface area (Å²) < 4.78 is 6.35. The zero-order chi connectivity index (χ0) is 17.0. The van der Waals surface area contributed by atoms with Crippen molar-refractivity contribution in [1.82, 2.24) is 19.9 Å². The lowest BCUT2D eigenvalue weighted by molar-refractivity contribution is -0.143. The number of esters is 1. The van der Waals surface area contributed by atoms with Gasteiger partial charge in [0.2, 0.25) is 11.8 Å². The van der Waals surface area contributed by atoms with Gasteiger partial charge in [-0.15, -0.1) is 5.10 Å². The monoisotopic (exact) mass is 322 g/mol. The molecule has 0 radical (unpaired) electrons. The molecule has 1 aromatic rings. The minimum Gasteiger partial charge on any atom is -0.466 e. The molecule has 1 saturated heterocycles. The summed E-state index contributed by atoms with van der Waals surface area (Å²) in [7, 11) is 0. The maximum Gasteiger partial charge on any atom is 0.307 e. The normalized spacial score (nSPS) is 18.1. The molecule has 1 unspecified atom stereocenters. The highest BCUT2D eigenvalue weighted by molar-refractivity contribution is 6.03. The van der Waals surface area contributed by atoms with Crippen molar-refractivity contribution in [2.75, 3.05) is 6.61 Å². The fourth-order valence-electron chi connectivity index (χ4n) is 2.52. The number of carbonyl (C=O) groups is 3. The number of carbonyl (C=O) groups excluding carboxylic acids is 3. The first-order valence-corrected chi connectivity index (χ1v) is 7.81. The van der Waals surface area contributed by atoms with Gasteiger partial charge in [-0.2, -0.15) is 0 Å². The first-order valence-electron chi connectivity index (χ1n) is 7.81. The predicted octanol–water partition coefficient (Wildman–Crippen LogP) is 0.762. The fraction of sp³-hybridized carbons (Fsp3) is 0.667. The van der Waals surface area contributed by atoms with E-state index < -0.39 is 0 Å². The van der Waals surface area contributed by atoms with E-state index in [1.165, 1.54) is 9.58 Å². The maximum absolute atomic E-state index is 12.2. The van der Waals surface area contributed by atoms with Crippen LogP contribution in [0.15, 0.2) is 6.20 Å². The first-order chi connectivity index (χ1) is 10.9. The second kappa shape index (κ2) is 7.34. The van der Waals surface area contributed by atoms with E-state index in [0.717, 1.165) is 0 Å². The summed E-state index contributed by atoms with van der Waals surface area (Å²) in [4.78, 5) is 36.8. The van der Waals surface area contributed by atoms with Crippen molar-refractivity contribution in [3.8, 4) is 0 Å². The van der Waals surface area contributed by atoms with Crippen molar-refractivity contribution in [1.29, 1.82) is 0 Å². The summed E-state index contributed by atoms with van der Waals surface area (Å²) in [6, 6.07) is 0. The molecule has 0 N–H and O–H groups in total. The average molecular weight is 322 g/mol. The highest BCUT2D eigenvalue weighted by Gasteiger charge is 2.40. The quantitative estimate of drug-likeness (QED) is 0.543. The summed E-state index contributed by atoms with van der Waals surface area (Å²) in [6.07, 6.45) is 2.10. The third-order valence-electron chi connectivity index (χ3n) is 3.84. The summed E-state index contributed by atoms with van der Waals surface area (Å²) >= 11 is 0. The van der Waals surface area contributed by atoms with Crippen LogP contribution in [-0.4, -0.2) is 44.3 Å². The molecule has 1 aliphatic rings. The minimum absolute atomic E-state index is 0.125. The van der Waals surface area contributed by atoms with Gasteiger partial charge >= 0.3 is 5.97 Å². The average Bonchev–Trinajstić information content (AvgIpc) is 3.05. The highest BCUT2D eigenvalue weighted by atomic mass is 16.5. The molecule has 0 saturated carbocycles. The van der Waals surface area contributed by atoms with Gasteiger partial charge in [-0.1, -0.05) is 19.1 Å². The third-order valence-corrected chi connectivity index (χ3v) is 3.84. The van der Waals surface area contributed by atoms with Gasteiger partial charge in [0.05, 0.1) is 32.3 Å². The van der Waals surface area contributed by atoms with Crippen LogP contribution >= 0.6 is 0 Å². The Morgan fingerprint density at radius 2 is 2.17 bits per heavy atom. The van der Waals surface area contributed by atoms with Crippen LogP contribution in [-0.2, 0) is 32.2 Å². The number of hydrogen-bond donors (Lipinski definition) is 0. The molecule has 2 amide bonds. The van der Waals surface area contributed by atoms with Gasteiger partial charge in [0.1, 0.15) is 5.69 Å². The molecule has 2 heterocycles. The summed E-state index contributed by atoms with van der Waals surface area (Å²) in [5.74, 6) is -0.729. The van der Waals surface area contributed by atoms with Gasteiger partial charge in [0, 0.05) is 12.3 Å². The number of amides is 2. The van der Waals surface area contributed by atoms with Gasteiger partial charge in [-0.05, 0) is 12.8 Å². The molecule has 1 aromatic heterocycles. The molecule has 0 aromatic carbocycles. The van der Waals surface area contributed by atoms with Crippen molar-refractivity contribution in [3.05, 3.63) is 11.9 Å². The lowest BCUT2D eigenvalue weighted by atomic mass is 9.94. The van der Waals surface area contributed by atoms with Gasteiger partial charge in [-0.25, -0.2) is 0 Å². The van der Waals surface area contributed by atoms with E-state index in [0.29, 0.717) is 18.8 Å². The summed E-state index contributed by atoms with van der Waals surface area (Å²) in [5.41, 5.74) is 0.528. The second-order valence-corrected chi connectivity index (χ2v) is 5.90. The zero-order valence-electron chi connectivity index (χ0n) is 13.7. The van der Waals surface area contributed by atoms with E-state index in [2.05, 4.69) is 10.3 Å². The number of ether oxygens (including phenoxy) is 1. The molecule has 1 aliphatic heterocycles. The molecule has 126 valence electrons. The Balaban J connectivity index is 1.93. The smallest absolute Gasteiger partial charge is 0.307 e. The van der Waals surface area contributed by atoms with E-state index in [1.54, 1.807) is 13.1 Å². The highest BCUT2D eigenvalue weighted by Crippen LogP contribution is 2.27. The first kappa shape index (κ1) is 17.1. The molecule has 0 bridgehead atoms. The largest absolute Gasteiger partial charge is 0.466 e. The lowest BCUT2D eigenvalue weighted by Gasteiger charge is -2.14. The Labute approximate surface area is 134 Å². The number of imide groups is 1. The molecular weight excluding hydrogens is 300 g/mol. The molecule has 8 heteroatoms. The SMILES string of the molecule is CCOC(=O)CCn1cc(CN2C(=O)CC(C(C)C)C2=O)nn1. The van der Waals surface area contributed by atoms with Crippen LogP contribution < -0.4 is 0 Å². The summed E-state index contributed by atoms with van der Waals surface area (Å²) in [6.45, 7) is 6.44. The van der Waals surface area contributed by atoms with Crippen LogP contribution in [0.2, 0.25) is 0 Å². The Morgan fingerprint density at radius 3 is 2.78 bits per heavy atom. The molecule has 1 atom stereocenters. The molecule has 0 spiro atoms. The molecule has 0 aliphatic carbocycles. The van der Waals surface area contributed by atoms with Gasteiger partial charge < -0.3 is 4.74 Å². The molecular formula is C15H22N4O4. The molecule has 23 heavy (non-hydrogen) atoms. The summed E-state index contributed by atoms with van der Waals surface area (Å²) in [5, 5.41) is 7.86. The zero-order valence-corrected chi connectivity index (χ0v) is 13.7. The molecule has 8 nitrogen and oxygen atoms in total. The van der Waals surface area contributed by atoms with Crippen molar-refractivity contribution >= 4 is 17.8 Å². The van der Waals surface area contributed by atoms with Crippen LogP contribution in [0.1, 0.15) is 39.3 Å². The van der Waals surface area contributed by atoms with E-state index >= 15 is 0 Å². The standard InChI is InChI=1S/C15H22N4O4/c1-4-23-14(21)5-6-18-8-11(16-17-18)9-19-13(20)7-12(10(2)3)15(19)22/h8,10,12H,4-7,9H2,1-3H3. The minimum atomic E-state index is -0.297. The Bertz CT molecular complexity index is 596. The van der Waals surface area contributed by atoms with Gasteiger partial charge in [-0.3, -0.25) is 24.0 Å². The Morgan fingerprint density at radius 1 is 1.43 bits per heavy atom. The van der Waals surface area contributed by atoms with Crippen LogP contribution in [0.4, 0.5) is 0 Å². The van der Waals surface area contributed by atoms with Crippen molar-refractivity contribution < 1.29 is 19.1 Å². The van der Waals surface area contributed by atoms with E-state index in [1.807, 2.05) is 13.8 Å². The number of aryl methyl sites for hydroxylation is 1. The van der Waals surface area contributed by atoms with Gasteiger partial charge in [0.25, 0.3) is 0 Å².